The summed E-state index contributed by atoms with van der Waals surface area (Å²) in [5, 5.41) is 0. The second-order valence-corrected chi connectivity index (χ2v) is 1.06. The fourth-order valence-corrected chi connectivity index (χ4v) is 0.177. The summed E-state index contributed by atoms with van der Waals surface area (Å²) < 4.78 is 0. The summed E-state index contributed by atoms with van der Waals surface area (Å²) in [5.74, 6) is 0. The van der Waals surface area contributed by atoms with E-state index in [1.54, 1.807) is 0 Å². The van der Waals surface area contributed by atoms with Gasteiger partial charge in [-0.2, -0.15) is 12.8 Å². The maximum atomic E-state index is 3.64. The third-order valence-electron chi connectivity index (χ3n) is 0.500. The molecule has 0 unspecified atom stereocenters. The first kappa shape index (κ1) is 15.6. The van der Waals surface area contributed by atoms with E-state index in [9.17, 15) is 0 Å². The molecule has 0 nitrogen and oxygen atoms in total. The van der Waals surface area contributed by atoms with Gasteiger partial charge in [0, 0.05) is 18.6 Å². The van der Waals surface area contributed by atoms with Gasteiger partial charge in [-0.05, 0) is 0 Å². The molecule has 0 spiro atoms. The molecular weight excluding hydrogens is 123 g/mol. The largest absolute Gasteiger partial charge is 0.358 e. The van der Waals surface area contributed by atoms with Gasteiger partial charge in [-0.25, -0.2) is 0 Å². The van der Waals surface area contributed by atoms with Gasteiger partial charge in [0.2, 0.25) is 0 Å². The fraction of sp³-hybridized carbons (Fsp3) is 0.500. The molecule has 0 fully saturated rings. The van der Waals surface area contributed by atoms with Crippen LogP contribution in [0.2, 0.25) is 0 Å². The van der Waals surface area contributed by atoms with Crippen molar-refractivity contribution in [3.63, 3.8) is 0 Å². The van der Waals surface area contributed by atoms with Gasteiger partial charge in [-0.3, -0.25) is 0 Å². The van der Waals surface area contributed by atoms with Crippen LogP contribution in [0.3, 0.4) is 0 Å². The van der Waals surface area contributed by atoms with E-state index >= 15 is 0 Å². The van der Waals surface area contributed by atoms with Gasteiger partial charge in [0.05, 0.1) is 0 Å². The maximum Gasteiger partial charge on any atom is 0 e. The van der Waals surface area contributed by atoms with Crippen molar-refractivity contribution in [1.82, 2.24) is 0 Å². The Hall–Kier alpha value is 0.584. The molecule has 7 heavy (non-hydrogen) atoms. The van der Waals surface area contributed by atoms with Gasteiger partial charge in [0.25, 0.3) is 0 Å². The van der Waals surface area contributed by atoms with E-state index in [1.165, 1.54) is 6.42 Å². The van der Waals surface area contributed by atoms with Gasteiger partial charge >= 0.3 is 0 Å². The average molecular weight is 136 g/mol. The van der Waals surface area contributed by atoms with Crippen molar-refractivity contribution in [3.8, 4) is 0 Å². The van der Waals surface area contributed by atoms with Gasteiger partial charge in [0.1, 0.15) is 0 Å². The van der Waals surface area contributed by atoms with Crippen molar-refractivity contribution in [2.24, 2.45) is 0 Å². The van der Waals surface area contributed by atoms with E-state index in [-0.39, 0.29) is 26.0 Å². The smallest absolute Gasteiger partial charge is 0 e. The SMILES string of the molecule is [CH2-]CCC[CH2-].[CH3-].[V]. The molecule has 0 aliphatic rings. The Bertz CT molecular complexity index is 11.7. The van der Waals surface area contributed by atoms with E-state index in [0.29, 0.717) is 0 Å². The molecule has 1 heteroatoms. The quantitative estimate of drug-likeness (QED) is 0.511. The van der Waals surface area contributed by atoms with E-state index in [1.807, 2.05) is 0 Å². The van der Waals surface area contributed by atoms with Gasteiger partial charge < -0.3 is 21.3 Å². The van der Waals surface area contributed by atoms with Gasteiger partial charge in [-0.15, -0.1) is 6.42 Å². The van der Waals surface area contributed by atoms with Crippen LogP contribution in [0.25, 0.3) is 0 Å². The minimum Gasteiger partial charge on any atom is -0.358 e. The zero-order valence-electron chi connectivity index (χ0n) is 4.98. The molecule has 0 amide bonds. The van der Waals surface area contributed by atoms with E-state index in [2.05, 4.69) is 13.8 Å². The molecule has 0 rings (SSSR count). The van der Waals surface area contributed by atoms with Crippen LogP contribution in [0.5, 0.6) is 0 Å². The van der Waals surface area contributed by atoms with Crippen molar-refractivity contribution in [3.05, 3.63) is 21.3 Å². The molecule has 0 saturated carbocycles. The Morgan fingerprint density at radius 1 is 1.00 bits per heavy atom. The molecule has 0 aromatic carbocycles. The average Bonchev–Trinajstić information content (AvgIpc) is 1.41. The van der Waals surface area contributed by atoms with E-state index < -0.39 is 0 Å². The molecule has 1 radical (unpaired) electrons. The standard InChI is InChI=1S/C5H10.CH3.V/c1-3-5-4-2;;/h1-5H2;1H3;/q-2;-1;. The summed E-state index contributed by atoms with van der Waals surface area (Å²) in [7, 11) is 0. The number of rotatable bonds is 2. The van der Waals surface area contributed by atoms with Crippen molar-refractivity contribution in [2.45, 2.75) is 19.3 Å². The minimum atomic E-state index is 0. The number of hydrogen-bond acceptors (Lipinski definition) is 0. The van der Waals surface area contributed by atoms with E-state index in [0.717, 1.165) is 12.8 Å². The van der Waals surface area contributed by atoms with Crippen LogP contribution >= 0.6 is 0 Å². The summed E-state index contributed by atoms with van der Waals surface area (Å²) in [4.78, 5) is 0. The Kier molecular flexibility index (Phi) is 35.7. The number of hydrogen-bond donors (Lipinski definition) is 0. The second kappa shape index (κ2) is 16.0. The minimum absolute atomic E-state index is 0. The zero-order chi connectivity index (χ0) is 4.12. The summed E-state index contributed by atoms with van der Waals surface area (Å²) >= 11 is 0. The first-order chi connectivity index (χ1) is 2.41. The van der Waals surface area contributed by atoms with Gasteiger partial charge in [-0.1, -0.05) is 0 Å². The molecule has 0 atom stereocenters. The number of unbranched alkanes of at least 4 members (excludes halogenated alkanes) is 2. The van der Waals surface area contributed by atoms with Crippen LogP contribution in [-0.2, 0) is 18.6 Å². The third-order valence-corrected chi connectivity index (χ3v) is 0.500. The first-order valence-electron chi connectivity index (χ1n) is 2.00. The zero-order valence-corrected chi connectivity index (χ0v) is 6.38. The molecule has 0 aromatic rings. The Balaban J connectivity index is -0.0000000800. The monoisotopic (exact) mass is 136 g/mol. The van der Waals surface area contributed by atoms with E-state index in [4.69, 9.17) is 0 Å². The predicted molar refractivity (Wildman–Crippen MR) is 31.0 cm³/mol. The Morgan fingerprint density at radius 3 is 1.29 bits per heavy atom. The molecule has 0 bridgehead atoms. The summed E-state index contributed by atoms with van der Waals surface area (Å²) in [5.41, 5.74) is 0. The Labute approximate surface area is 59.6 Å². The maximum absolute atomic E-state index is 3.64. The van der Waals surface area contributed by atoms with Crippen molar-refractivity contribution < 1.29 is 18.6 Å². The molecular formula is C6H13V-3. The van der Waals surface area contributed by atoms with Crippen LogP contribution in [0.15, 0.2) is 0 Å². The normalized spacial score (nSPS) is 6.00. The van der Waals surface area contributed by atoms with Crippen LogP contribution in [0, 0.1) is 21.3 Å². The van der Waals surface area contributed by atoms with Crippen molar-refractivity contribution in [1.29, 1.82) is 0 Å². The van der Waals surface area contributed by atoms with Crippen LogP contribution in [0.4, 0.5) is 0 Å². The van der Waals surface area contributed by atoms with Gasteiger partial charge in [0.15, 0.2) is 0 Å². The summed E-state index contributed by atoms with van der Waals surface area (Å²) in [6.07, 6.45) is 3.23. The fourth-order valence-electron chi connectivity index (χ4n) is 0.177. The van der Waals surface area contributed by atoms with Crippen LogP contribution < -0.4 is 0 Å². The molecule has 0 saturated heterocycles. The molecule has 0 heterocycles. The summed E-state index contributed by atoms with van der Waals surface area (Å²) in [6, 6.07) is 0. The van der Waals surface area contributed by atoms with Crippen molar-refractivity contribution in [2.75, 3.05) is 0 Å². The molecule has 45 valence electrons. The Morgan fingerprint density at radius 2 is 1.29 bits per heavy atom. The van der Waals surface area contributed by atoms with Crippen molar-refractivity contribution >= 4 is 0 Å². The second-order valence-electron chi connectivity index (χ2n) is 1.06. The molecule has 0 aliphatic heterocycles. The van der Waals surface area contributed by atoms with Crippen LogP contribution in [0.1, 0.15) is 19.3 Å². The predicted octanol–water partition coefficient (Wildman–Crippen LogP) is 2.27. The van der Waals surface area contributed by atoms with Crippen LogP contribution in [-0.4, -0.2) is 0 Å². The third kappa shape index (κ3) is 20.7. The molecule has 0 aromatic heterocycles. The molecule has 0 N–H and O–H groups in total. The molecule has 0 aliphatic carbocycles. The first-order valence-corrected chi connectivity index (χ1v) is 2.00. The topological polar surface area (TPSA) is 0 Å². The summed E-state index contributed by atoms with van der Waals surface area (Å²) in [6.45, 7) is 7.27.